The summed E-state index contributed by atoms with van der Waals surface area (Å²) in [7, 11) is 1.92. The summed E-state index contributed by atoms with van der Waals surface area (Å²) in [6.07, 6.45) is 0. The third-order valence-corrected chi connectivity index (χ3v) is 3.45. The molecular weight excluding hydrogens is 252 g/mol. The van der Waals surface area contributed by atoms with E-state index in [-0.39, 0.29) is 11.3 Å². The van der Waals surface area contributed by atoms with Crippen LogP contribution in [0.15, 0.2) is 47.3 Å². The van der Waals surface area contributed by atoms with Crippen molar-refractivity contribution in [1.29, 1.82) is 0 Å². The second-order valence-corrected chi connectivity index (χ2v) is 4.79. The van der Waals surface area contributed by atoms with Gasteiger partial charge in [-0.3, -0.25) is 9.59 Å². The molecule has 0 unspecified atom stereocenters. The Balaban J connectivity index is 2.53. The number of para-hydroxylation sites is 1. The molecule has 0 spiro atoms. The average molecular weight is 266 g/mol. The first-order chi connectivity index (χ1) is 9.59. The molecule has 0 saturated heterocycles. The van der Waals surface area contributed by atoms with Gasteiger partial charge in [0.15, 0.2) is 5.43 Å². The molecule has 4 nitrogen and oxygen atoms in total. The Bertz CT molecular complexity index is 894. The molecule has 20 heavy (non-hydrogen) atoms. The molecule has 1 N–H and O–H groups in total. The summed E-state index contributed by atoms with van der Waals surface area (Å²) in [5.41, 5.74) is 2.18. The number of nitrogens with one attached hydrogen (secondary N) is 1. The first kappa shape index (κ1) is 12.4. The van der Waals surface area contributed by atoms with E-state index >= 15 is 0 Å². The van der Waals surface area contributed by atoms with Crippen molar-refractivity contribution < 1.29 is 4.79 Å². The van der Waals surface area contributed by atoms with Crippen LogP contribution in [0.5, 0.6) is 0 Å². The van der Waals surface area contributed by atoms with Gasteiger partial charge in [-0.05, 0) is 24.3 Å². The lowest BCUT2D eigenvalue weighted by atomic mass is 10.1. The van der Waals surface area contributed by atoms with E-state index in [9.17, 15) is 9.59 Å². The van der Waals surface area contributed by atoms with Gasteiger partial charge < -0.3 is 9.88 Å². The van der Waals surface area contributed by atoms with E-state index < -0.39 is 0 Å². The fourth-order valence-corrected chi connectivity index (χ4v) is 2.57. The molecule has 2 aromatic carbocycles. The lowest BCUT2D eigenvalue weighted by Gasteiger charge is -2.13. The Hall–Kier alpha value is -2.62. The van der Waals surface area contributed by atoms with Crippen LogP contribution < -0.4 is 10.7 Å². The van der Waals surface area contributed by atoms with Crippen LogP contribution in [0.2, 0.25) is 0 Å². The van der Waals surface area contributed by atoms with Crippen LogP contribution in [0.3, 0.4) is 0 Å². The molecule has 0 bridgehead atoms. The van der Waals surface area contributed by atoms with Gasteiger partial charge in [-0.1, -0.05) is 18.2 Å². The standard InChI is InChI=1S/C16H14N2O2/c1-10(19)17-12-7-5-9-14-15(12)16(20)11-6-3-4-8-13(11)18(14)2/h3-9H,1-2H3,(H,17,19). The zero-order valence-electron chi connectivity index (χ0n) is 11.3. The molecular formula is C16H14N2O2. The van der Waals surface area contributed by atoms with Gasteiger partial charge in [0.25, 0.3) is 0 Å². The fourth-order valence-electron chi connectivity index (χ4n) is 2.57. The van der Waals surface area contributed by atoms with E-state index in [0.29, 0.717) is 16.5 Å². The molecule has 4 heteroatoms. The summed E-state index contributed by atoms with van der Waals surface area (Å²) in [6, 6.07) is 12.9. The second-order valence-electron chi connectivity index (χ2n) is 4.79. The topological polar surface area (TPSA) is 51.1 Å². The monoisotopic (exact) mass is 266 g/mol. The third kappa shape index (κ3) is 1.77. The molecule has 0 aliphatic carbocycles. The van der Waals surface area contributed by atoms with E-state index in [4.69, 9.17) is 0 Å². The molecule has 3 aromatic rings. The summed E-state index contributed by atoms with van der Waals surface area (Å²) in [5.74, 6) is -0.187. The van der Waals surface area contributed by atoms with Gasteiger partial charge in [-0.25, -0.2) is 0 Å². The predicted octanol–water partition coefficient (Wildman–Crippen LogP) is 2.65. The fraction of sp³-hybridized carbons (Fsp3) is 0.125. The lowest BCUT2D eigenvalue weighted by molar-refractivity contribution is -0.114. The third-order valence-electron chi connectivity index (χ3n) is 3.45. The van der Waals surface area contributed by atoms with Crippen LogP contribution >= 0.6 is 0 Å². The van der Waals surface area contributed by atoms with Crippen LogP contribution in [0.1, 0.15) is 6.92 Å². The molecule has 0 radical (unpaired) electrons. The molecule has 1 amide bonds. The van der Waals surface area contributed by atoms with Crippen LogP contribution in [-0.4, -0.2) is 10.5 Å². The zero-order valence-corrected chi connectivity index (χ0v) is 11.3. The van der Waals surface area contributed by atoms with Crippen molar-refractivity contribution in [3.05, 3.63) is 52.7 Å². The number of amides is 1. The van der Waals surface area contributed by atoms with Gasteiger partial charge in [0.05, 0.1) is 22.1 Å². The number of anilines is 1. The highest BCUT2D eigenvalue weighted by Gasteiger charge is 2.12. The number of hydrogen-bond acceptors (Lipinski definition) is 2. The van der Waals surface area contributed by atoms with Crippen molar-refractivity contribution in [1.82, 2.24) is 4.57 Å². The van der Waals surface area contributed by atoms with E-state index in [1.807, 2.05) is 48.0 Å². The van der Waals surface area contributed by atoms with Crippen molar-refractivity contribution >= 4 is 33.4 Å². The predicted molar refractivity (Wildman–Crippen MR) is 81.0 cm³/mol. The zero-order chi connectivity index (χ0) is 14.3. The van der Waals surface area contributed by atoms with Gasteiger partial charge in [0.1, 0.15) is 0 Å². The number of carbonyl (C=O) groups excluding carboxylic acids is 1. The lowest BCUT2D eigenvalue weighted by Crippen LogP contribution is -2.13. The smallest absolute Gasteiger partial charge is 0.221 e. The Labute approximate surface area is 115 Å². The number of aryl methyl sites for hydroxylation is 1. The number of pyridine rings is 1. The number of carbonyl (C=O) groups is 1. The Kier molecular flexibility index (Phi) is 2.79. The summed E-state index contributed by atoms with van der Waals surface area (Å²) >= 11 is 0. The van der Waals surface area contributed by atoms with E-state index in [0.717, 1.165) is 11.0 Å². The Morgan fingerprint density at radius 2 is 1.75 bits per heavy atom. The Morgan fingerprint density at radius 1 is 1.05 bits per heavy atom. The van der Waals surface area contributed by atoms with Crippen molar-refractivity contribution in [2.75, 3.05) is 5.32 Å². The van der Waals surface area contributed by atoms with Gasteiger partial charge in [-0.2, -0.15) is 0 Å². The highest BCUT2D eigenvalue weighted by molar-refractivity contribution is 6.04. The largest absolute Gasteiger partial charge is 0.343 e. The molecule has 3 rings (SSSR count). The van der Waals surface area contributed by atoms with Crippen molar-refractivity contribution in [2.24, 2.45) is 7.05 Å². The summed E-state index contributed by atoms with van der Waals surface area (Å²) in [5, 5.41) is 3.93. The van der Waals surface area contributed by atoms with Crippen molar-refractivity contribution in [3.63, 3.8) is 0 Å². The van der Waals surface area contributed by atoms with E-state index in [1.165, 1.54) is 6.92 Å². The first-order valence-corrected chi connectivity index (χ1v) is 6.37. The summed E-state index contributed by atoms with van der Waals surface area (Å²) in [6.45, 7) is 1.43. The van der Waals surface area contributed by atoms with Crippen LogP contribution in [0.4, 0.5) is 5.69 Å². The van der Waals surface area contributed by atoms with Gasteiger partial charge >= 0.3 is 0 Å². The van der Waals surface area contributed by atoms with Crippen molar-refractivity contribution in [3.8, 4) is 0 Å². The normalized spacial score (nSPS) is 10.9. The Morgan fingerprint density at radius 3 is 2.50 bits per heavy atom. The van der Waals surface area contributed by atoms with Gasteiger partial charge in [0, 0.05) is 19.4 Å². The molecule has 100 valence electrons. The molecule has 0 aliphatic rings. The molecule has 1 heterocycles. The number of rotatable bonds is 1. The number of hydrogen-bond donors (Lipinski definition) is 1. The van der Waals surface area contributed by atoms with Gasteiger partial charge in [-0.15, -0.1) is 0 Å². The second kappa shape index (κ2) is 4.49. The molecule has 0 atom stereocenters. The van der Waals surface area contributed by atoms with Crippen LogP contribution in [-0.2, 0) is 11.8 Å². The number of aromatic nitrogens is 1. The molecule has 0 fully saturated rings. The molecule has 0 saturated carbocycles. The number of fused-ring (bicyclic) bond motifs is 2. The first-order valence-electron chi connectivity index (χ1n) is 6.37. The van der Waals surface area contributed by atoms with Crippen molar-refractivity contribution in [2.45, 2.75) is 6.92 Å². The SMILES string of the molecule is CC(=O)Nc1cccc2c1c(=O)c1ccccc1n2C. The van der Waals surface area contributed by atoms with Gasteiger partial charge in [0.2, 0.25) is 5.91 Å². The average Bonchev–Trinajstić information content (AvgIpc) is 2.44. The van der Waals surface area contributed by atoms with E-state index in [1.54, 1.807) is 6.07 Å². The highest BCUT2D eigenvalue weighted by Crippen LogP contribution is 2.23. The van der Waals surface area contributed by atoms with E-state index in [2.05, 4.69) is 5.32 Å². The summed E-state index contributed by atoms with van der Waals surface area (Å²) in [4.78, 5) is 24.0. The highest BCUT2D eigenvalue weighted by atomic mass is 16.1. The maximum Gasteiger partial charge on any atom is 0.221 e. The van der Waals surface area contributed by atoms with Crippen LogP contribution in [0.25, 0.3) is 21.8 Å². The van der Waals surface area contributed by atoms with Crippen LogP contribution in [0, 0.1) is 0 Å². The minimum atomic E-state index is -0.187. The molecule has 1 aromatic heterocycles. The number of nitrogens with zero attached hydrogens (tertiary/aromatic N) is 1. The summed E-state index contributed by atoms with van der Waals surface area (Å²) < 4.78 is 1.97. The minimum absolute atomic E-state index is 0.0574. The number of benzene rings is 2. The maximum absolute atomic E-state index is 12.7. The maximum atomic E-state index is 12.7. The minimum Gasteiger partial charge on any atom is -0.343 e. The quantitative estimate of drug-likeness (QED) is 0.688. The molecule has 0 aliphatic heterocycles.